The lowest BCUT2D eigenvalue weighted by Crippen LogP contribution is -2.39. The molecule has 2 heterocycles. The number of benzene rings is 2. The number of aliphatic hydroxyl groups is 1. The van der Waals surface area contributed by atoms with E-state index >= 15 is 0 Å². The lowest BCUT2D eigenvalue weighted by Gasteiger charge is -2.27. The molecule has 0 unspecified atom stereocenters. The van der Waals surface area contributed by atoms with E-state index in [-0.39, 0.29) is 25.3 Å². The summed E-state index contributed by atoms with van der Waals surface area (Å²) >= 11 is 0. The summed E-state index contributed by atoms with van der Waals surface area (Å²) in [7, 11) is -1.13. The summed E-state index contributed by atoms with van der Waals surface area (Å²) in [6.07, 6.45) is 5.88. The molecule has 0 bridgehead atoms. The predicted molar refractivity (Wildman–Crippen MR) is 167 cm³/mol. The zero-order chi connectivity index (χ0) is 30.1. The zero-order valence-electron chi connectivity index (χ0n) is 25.7. The fraction of sp³-hybridized carbons (Fsp3) is 0.531. The highest BCUT2D eigenvalue weighted by molar-refractivity contribution is 6.76. The van der Waals surface area contributed by atoms with Gasteiger partial charge in [-0.25, -0.2) is 4.39 Å². The van der Waals surface area contributed by atoms with Crippen LogP contribution in [-0.2, 0) is 22.6 Å². The van der Waals surface area contributed by atoms with Crippen LogP contribution in [-0.4, -0.2) is 76.7 Å². The van der Waals surface area contributed by atoms with Crippen LogP contribution in [0.2, 0.25) is 25.7 Å². The van der Waals surface area contributed by atoms with E-state index < -0.39 is 14.2 Å². The van der Waals surface area contributed by atoms with Crippen LogP contribution in [0.25, 0.3) is 12.2 Å². The SMILES string of the molecule is Cc1ccc(C[C@@H]2CCCN2C[C@@H](O)CO[C@H](C)c2ccccc2/C=C/c2nnn(COCC[Si](C)(C)C)n2)cc1F. The van der Waals surface area contributed by atoms with Crippen LogP contribution in [0.5, 0.6) is 0 Å². The second kappa shape index (κ2) is 15.1. The van der Waals surface area contributed by atoms with Gasteiger partial charge in [-0.3, -0.25) is 4.90 Å². The third-order valence-electron chi connectivity index (χ3n) is 7.71. The van der Waals surface area contributed by atoms with Crippen molar-refractivity contribution in [3.63, 3.8) is 0 Å². The van der Waals surface area contributed by atoms with E-state index in [2.05, 4.69) is 40.0 Å². The average molecular weight is 596 g/mol. The first-order valence-corrected chi connectivity index (χ1v) is 18.7. The quantitative estimate of drug-likeness (QED) is 0.177. The highest BCUT2D eigenvalue weighted by Crippen LogP contribution is 2.25. The van der Waals surface area contributed by atoms with Crippen molar-refractivity contribution in [3.05, 3.63) is 76.4 Å². The molecule has 0 amide bonds. The molecule has 228 valence electrons. The Morgan fingerprint density at radius 2 is 1.98 bits per heavy atom. The van der Waals surface area contributed by atoms with Crippen molar-refractivity contribution in [3.8, 4) is 0 Å². The van der Waals surface area contributed by atoms with Crippen LogP contribution < -0.4 is 0 Å². The first-order valence-electron chi connectivity index (χ1n) is 15.0. The molecule has 10 heteroatoms. The summed E-state index contributed by atoms with van der Waals surface area (Å²) in [5, 5.41) is 23.4. The molecule has 0 radical (unpaired) electrons. The summed E-state index contributed by atoms with van der Waals surface area (Å²) in [6.45, 7) is 13.4. The Labute approximate surface area is 250 Å². The van der Waals surface area contributed by atoms with Crippen molar-refractivity contribution < 1.29 is 19.0 Å². The second-order valence-corrected chi connectivity index (χ2v) is 18.2. The standard InChI is InChI=1S/C32H46FN5O3Si/c1-24-12-13-26(20-31(24)33)19-28-10-8-16-37(28)21-29(39)22-41-25(2)30-11-7-6-9-27(30)14-15-32-34-36-38(35-32)23-40-17-18-42(3,4)5/h6-7,9,11-15,20,25,28-29,39H,8,10,16-19,21-23H2,1-5H3/b15-14+/t25-,28+,29-/m1/s1. The van der Waals surface area contributed by atoms with Gasteiger partial charge in [0.25, 0.3) is 0 Å². The number of nitrogens with zero attached hydrogens (tertiary/aromatic N) is 5. The maximum atomic E-state index is 14.0. The van der Waals surface area contributed by atoms with Gasteiger partial charge in [-0.05, 0) is 85.3 Å². The van der Waals surface area contributed by atoms with Crippen molar-refractivity contribution in [2.24, 2.45) is 0 Å². The molecule has 0 saturated carbocycles. The molecule has 4 rings (SSSR count). The molecular formula is C32H46FN5O3Si. The molecule has 1 N–H and O–H groups in total. The van der Waals surface area contributed by atoms with Crippen LogP contribution in [0.4, 0.5) is 4.39 Å². The molecule has 42 heavy (non-hydrogen) atoms. The summed E-state index contributed by atoms with van der Waals surface area (Å²) < 4.78 is 25.9. The van der Waals surface area contributed by atoms with Crippen molar-refractivity contribution in [1.82, 2.24) is 25.1 Å². The summed E-state index contributed by atoms with van der Waals surface area (Å²) in [5.41, 5.74) is 3.68. The Hall–Kier alpha value is -2.76. The number of β-amino-alcohol motifs (C(OH)–C–C–N with tert-alkyl or cyclic N) is 1. The van der Waals surface area contributed by atoms with Crippen LogP contribution in [0.15, 0.2) is 42.5 Å². The predicted octanol–water partition coefficient (Wildman–Crippen LogP) is 5.75. The van der Waals surface area contributed by atoms with E-state index in [1.807, 2.05) is 55.5 Å². The Bertz CT molecular complexity index is 1310. The topological polar surface area (TPSA) is 85.5 Å². The van der Waals surface area contributed by atoms with Gasteiger partial charge in [-0.1, -0.05) is 62.1 Å². The smallest absolute Gasteiger partial charge is 0.197 e. The molecule has 1 fully saturated rings. The molecule has 3 aromatic rings. The minimum Gasteiger partial charge on any atom is -0.389 e. The molecule has 1 aromatic heterocycles. The van der Waals surface area contributed by atoms with E-state index in [0.29, 0.717) is 30.6 Å². The highest BCUT2D eigenvalue weighted by atomic mass is 28.3. The number of likely N-dealkylation sites (tertiary alicyclic amines) is 1. The molecule has 1 saturated heterocycles. The molecule has 8 nitrogen and oxygen atoms in total. The third-order valence-corrected chi connectivity index (χ3v) is 9.41. The maximum Gasteiger partial charge on any atom is 0.197 e. The first-order chi connectivity index (χ1) is 20.1. The normalized spacial score (nSPS) is 17.7. The number of aryl methyl sites for hydroxylation is 1. The van der Waals surface area contributed by atoms with Gasteiger partial charge in [0.05, 0.1) is 18.8 Å². The zero-order valence-corrected chi connectivity index (χ0v) is 26.7. The number of hydrogen-bond acceptors (Lipinski definition) is 7. The van der Waals surface area contributed by atoms with Gasteiger partial charge >= 0.3 is 0 Å². The van der Waals surface area contributed by atoms with Crippen molar-refractivity contribution in [2.45, 2.75) is 83.8 Å². The molecule has 1 aliphatic heterocycles. The fourth-order valence-electron chi connectivity index (χ4n) is 5.17. The molecule has 0 aliphatic carbocycles. The van der Waals surface area contributed by atoms with E-state index in [1.54, 1.807) is 13.0 Å². The van der Waals surface area contributed by atoms with Crippen molar-refractivity contribution >= 4 is 20.2 Å². The van der Waals surface area contributed by atoms with Crippen molar-refractivity contribution in [2.75, 3.05) is 26.3 Å². The van der Waals surface area contributed by atoms with Gasteiger partial charge in [0.1, 0.15) is 5.82 Å². The van der Waals surface area contributed by atoms with E-state index in [9.17, 15) is 9.50 Å². The summed E-state index contributed by atoms with van der Waals surface area (Å²) in [4.78, 5) is 3.78. The highest BCUT2D eigenvalue weighted by Gasteiger charge is 2.27. The van der Waals surface area contributed by atoms with Crippen molar-refractivity contribution in [1.29, 1.82) is 0 Å². The lowest BCUT2D eigenvalue weighted by molar-refractivity contribution is -0.0171. The number of halogens is 1. The number of ether oxygens (including phenoxy) is 2. The largest absolute Gasteiger partial charge is 0.389 e. The van der Waals surface area contributed by atoms with Gasteiger partial charge in [0.2, 0.25) is 0 Å². The minimum absolute atomic E-state index is 0.157. The van der Waals surface area contributed by atoms with Crippen LogP contribution in [0.1, 0.15) is 53.9 Å². The Morgan fingerprint density at radius 1 is 1.17 bits per heavy atom. The minimum atomic E-state index is -1.13. The second-order valence-electron chi connectivity index (χ2n) is 12.5. The van der Waals surface area contributed by atoms with E-state index in [4.69, 9.17) is 9.47 Å². The summed E-state index contributed by atoms with van der Waals surface area (Å²) in [5.74, 6) is 0.353. The van der Waals surface area contributed by atoms with E-state index in [1.165, 1.54) is 4.80 Å². The molecular weight excluding hydrogens is 549 g/mol. The van der Waals surface area contributed by atoms with Gasteiger partial charge in [0, 0.05) is 27.3 Å². The number of aliphatic hydroxyl groups excluding tert-OH is 1. The number of aromatic nitrogens is 4. The third kappa shape index (κ3) is 9.91. The molecule has 1 aliphatic rings. The molecule has 0 spiro atoms. The van der Waals surface area contributed by atoms with Gasteiger partial charge < -0.3 is 14.6 Å². The average Bonchev–Trinajstić information content (AvgIpc) is 3.59. The van der Waals surface area contributed by atoms with E-state index in [0.717, 1.165) is 48.5 Å². The Kier molecular flexibility index (Phi) is 11.6. The lowest BCUT2D eigenvalue weighted by atomic mass is 10.0. The maximum absolute atomic E-state index is 14.0. The summed E-state index contributed by atoms with van der Waals surface area (Å²) in [6, 6.07) is 14.9. The monoisotopic (exact) mass is 595 g/mol. The molecule has 3 atom stereocenters. The Balaban J connectivity index is 1.26. The molecule has 2 aromatic carbocycles. The van der Waals surface area contributed by atoms with Crippen LogP contribution >= 0.6 is 0 Å². The number of tetrazole rings is 1. The number of rotatable bonds is 15. The Morgan fingerprint density at radius 3 is 2.76 bits per heavy atom. The first kappa shape index (κ1) is 32.2. The number of hydrogen-bond donors (Lipinski definition) is 1. The van der Waals surface area contributed by atoms with Crippen LogP contribution in [0, 0.1) is 12.7 Å². The van der Waals surface area contributed by atoms with Gasteiger partial charge in [0.15, 0.2) is 12.6 Å². The fourth-order valence-corrected chi connectivity index (χ4v) is 5.93. The van der Waals surface area contributed by atoms with Gasteiger partial charge in [-0.2, -0.15) is 0 Å². The van der Waals surface area contributed by atoms with Gasteiger partial charge in [-0.15, -0.1) is 15.0 Å². The van der Waals surface area contributed by atoms with Crippen LogP contribution in [0.3, 0.4) is 0 Å².